The van der Waals surface area contributed by atoms with Crippen LogP contribution in [0.5, 0.6) is 0 Å². The highest BCUT2D eigenvalue weighted by molar-refractivity contribution is 5.94. The molecule has 0 spiro atoms. The average molecular weight is 339 g/mol. The Bertz CT molecular complexity index is 539. The zero-order valence-electron chi connectivity index (χ0n) is 11.6. The van der Waals surface area contributed by atoms with Gasteiger partial charge in [-0.25, -0.2) is 0 Å². The summed E-state index contributed by atoms with van der Waals surface area (Å²) in [6, 6.07) is 3.56. The van der Waals surface area contributed by atoms with Crippen LogP contribution in [0.15, 0.2) is 24.3 Å². The minimum absolute atomic E-state index is 0.284. The van der Waals surface area contributed by atoms with Gasteiger partial charge in [0.05, 0.1) is 12.2 Å². The van der Waals surface area contributed by atoms with Crippen LogP contribution >= 0.6 is 0 Å². The molecule has 1 aromatic carbocycles. The van der Waals surface area contributed by atoms with Crippen molar-refractivity contribution >= 4 is 11.6 Å². The minimum atomic E-state index is -4.62. The summed E-state index contributed by atoms with van der Waals surface area (Å²) in [5.74, 6) is -1.29. The third-order valence-corrected chi connectivity index (χ3v) is 2.98. The van der Waals surface area contributed by atoms with E-state index in [1.807, 2.05) is 5.32 Å². The van der Waals surface area contributed by atoms with Crippen molar-refractivity contribution in [3.05, 3.63) is 29.8 Å². The molecule has 0 aliphatic rings. The van der Waals surface area contributed by atoms with Gasteiger partial charge in [0, 0.05) is 5.69 Å². The number of carbonyl (C=O) groups excluding carboxylic acids is 1. The highest BCUT2D eigenvalue weighted by atomic mass is 19.4. The lowest BCUT2D eigenvalue weighted by atomic mass is 10.0. The number of rotatable bonds is 6. The van der Waals surface area contributed by atoms with Gasteiger partial charge in [0.25, 0.3) is 5.91 Å². The first-order valence-corrected chi connectivity index (χ1v) is 6.39. The Labute approximate surface area is 128 Å². The number of hydrogen-bond acceptors (Lipinski definition) is 6. The molecule has 0 fully saturated rings. The van der Waals surface area contributed by atoms with E-state index in [2.05, 4.69) is 0 Å². The van der Waals surface area contributed by atoms with Gasteiger partial charge in [-0.05, 0) is 18.2 Å². The lowest BCUT2D eigenvalue weighted by Crippen LogP contribution is -2.50. The van der Waals surface area contributed by atoms with Gasteiger partial charge in [0.1, 0.15) is 18.3 Å². The summed E-state index contributed by atoms with van der Waals surface area (Å²) in [5, 5.41) is 48.1. The molecule has 1 aromatic rings. The standard InChI is InChI=1S/C13H16F3NO6/c14-13(15,16)6-2-1-3-7(4-6)17-12(23)11(22)10(21)9(20)8(19)5-18/h1-4,8-11,18-22H,5H2,(H,17,23)/t8-,9-,10+,11+/m1/s1. The second-order valence-corrected chi connectivity index (χ2v) is 4.74. The fourth-order valence-electron chi connectivity index (χ4n) is 1.67. The van der Waals surface area contributed by atoms with Gasteiger partial charge in [-0.3, -0.25) is 4.79 Å². The van der Waals surface area contributed by atoms with Gasteiger partial charge in [0.15, 0.2) is 6.10 Å². The molecule has 4 atom stereocenters. The average Bonchev–Trinajstić information content (AvgIpc) is 2.51. The molecule has 130 valence electrons. The van der Waals surface area contributed by atoms with Crippen LogP contribution in [0.3, 0.4) is 0 Å². The Kier molecular flexibility index (Phi) is 6.47. The molecule has 0 aromatic heterocycles. The van der Waals surface area contributed by atoms with E-state index in [0.29, 0.717) is 6.07 Å². The van der Waals surface area contributed by atoms with Crippen LogP contribution in [0.2, 0.25) is 0 Å². The second kappa shape index (κ2) is 7.70. The number of aliphatic hydroxyl groups is 5. The van der Waals surface area contributed by atoms with Crippen LogP contribution in [-0.4, -0.2) is 62.5 Å². The lowest BCUT2D eigenvalue weighted by molar-refractivity contribution is -0.144. The predicted octanol–water partition coefficient (Wildman–Crippen LogP) is -0.920. The first-order chi connectivity index (χ1) is 10.6. The van der Waals surface area contributed by atoms with E-state index in [4.69, 9.17) is 10.2 Å². The quantitative estimate of drug-likeness (QED) is 0.397. The molecule has 10 heteroatoms. The number of aliphatic hydroxyl groups excluding tert-OH is 5. The number of carbonyl (C=O) groups is 1. The number of benzene rings is 1. The largest absolute Gasteiger partial charge is 0.416 e. The Morgan fingerprint density at radius 3 is 2.26 bits per heavy atom. The Morgan fingerprint density at radius 2 is 1.74 bits per heavy atom. The Morgan fingerprint density at radius 1 is 1.13 bits per heavy atom. The molecule has 0 saturated heterocycles. The SMILES string of the molecule is O=C(Nc1cccc(C(F)(F)F)c1)[C@@H](O)[C@@H](O)[C@H](O)[C@H](O)CO. The molecule has 0 aliphatic heterocycles. The molecule has 6 N–H and O–H groups in total. The van der Waals surface area contributed by atoms with Gasteiger partial charge >= 0.3 is 6.18 Å². The van der Waals surface area contributed by atoms with Gasteiger partial charge in [0.2, 0.25) is 0 Å². The summed E-state index contributed by atoms with van der Waals surface area (Å²) in [4.78, 5) is 11.7. The number of alkyl halides is 3. The summed E-state index contributed by atoms with van der Waals surface area (Å²) in [6.07, 6.45) is -12.8. The maximum absolute atomic E-state index is 12.5. The van der Waals surface area contributed by atoms with Crippen molar-refractivity contribution in [2.24, 2.45) is 0 Å². The number of halogens is 3. The van der Waals surface area contributed by atoms with Crippen molar-refractivity contribution in [2.45, 2.75) is 30.6 Å². The summed E-state index contributed by atoms with van der Waals surface area (Å²) in [5.41, 5.74) is -1.31. The van der Waals surface area contributed by atoms with Crippen LogP contribution < -0.4 is 5.32 Å². The van der Waals surface area contributed by atoms with E-state index < -0.39 is 48.7 Å². The van der Waals surface area contributed by atoms with Crippen molar-refractivity contribution in [1.29, 1.82) is 0 Å². The fraction of sp³-hybridized carbons (Fsp3) is 0.462. The smallest absolute Gasteiger partial charge is 0.394 e. The third kappa shape index (κ3) is 5.15. The summed E-state index contributed by atoms with van der Waals surface area (Å²) in [6.45, 7) is -0.930. The monoisotopic (exact) mass is 339 g/mol. The summed E-state index contributed by atoms with van der Waals surface area (Å²) < 4.78 is 37.6. The minimum Gasteiger partial charge on any atom is -0.394 e. The van der Waals surface area contributed by atoms with E-state index in [-0.39, 0.29) is 5.69 Å². The van der Waals surface area contributed by atoms with E-state index in [0.717, 1.165) is 18.2 Å². The molecule has 0 unspecified atom stereocenters. The van der Waals surface area contributed by atoms with Crippen LogP contribution in [0.25, 0.3) is 0 Å². The molecule has 0 saturated carbocycles. The van der Waals surface area contributed by atoms with Crippen molar-refractivity contribution < 1.29 is 43.5 Å². The molecule has 0 bridgehead atoms. The zero-order valence-corrected chi connectivity index (χ0v) is 11.6. The second-order valence-electron chi connectivity index (χ2n) is 4.74. The number of amides is 1. The van der Waals surface area contributed by atoms with Crippen LogP contribution in [-0.2, 0) is 11.0 Å². The fourth-order valence-corrected chi connectivity index (χ4v) is 1.67. The Hall–Kier alpha value is -1.72. The topological polar surface area (TPSA) is 130 Å². The normalized spacial score (nSPS) is 17.2. The van der Waals surface area contributed by atoms with E-state index in [9.17, 15) is 33.3 Å². The van der Waals surface area contributed by atoms with Crippen molar-refractivity contribution in [3.8, 4) is 0 Å². The zero-order chi connectivity index (χ0) is 17.8. The van der Waals surface area contributed by atoms with Crippen molar-refractivity contribution in [1.82, 2.24) is 0 Å². The summed E-state index contributed by atoms with van der Waals surface area (Å²) >= 11 is 0. The molecular formula is C13H16F3NO6. The Balaban J connectivity index is 2.79. The van der Waals surface area contributed by atoms with Crippen molar-refractivity contribution in [2.75, 3.05) is 11.9 Å². The molecule has 1 rings (SSSR count). The van der Waals surface area contributed by atoms with Gasteiger partial charge in [-0.15, -0.1) is 0 Å². The maximum Gasteiger partial charge on any atom is 0.416 e. The van der Waals surface area contributed by atoms with Crippen molar-refractivity contribution in [3.63, 3.8) is 0 Å². The van der Waals surface area contributed by atoms with Gasteiger partial charge in [-0.2, -0.15) is 13.2 Å². The summed E-state index contributed by atoms with van der Waals surface area (Å²) in [7, 11) is 0. The number of anilines is 1. The highest BCUT2D eigenvalue weighted by Gasteiger charge is 2.35. The van der Waals surface area contributed by atoms with Crippen LogP contribution in [0, 0.1) is 0 Å². The number of nitrogens with one attached hydrogen (secondary N) is 1. The lowest BCUT2D eigenvalue weighted by Gasteiger charge is -2.25. The maximum atomic E-state index is 12.5. The molecule has 1 amide bonds. The first-order valence-electron chi connectivity index (χ1n) is 6.39. The molecule has 0 heterocycles. The third-order valence-electron chi connectivity index (χ3n) is 2.98. The molecular weight excluding hydrogens is 323 g/mol. The first kappa shape index (κ1) is 19.3. The molecule has 23 heavy (non-hydrogen) atoms. The number of hydrogen-bond donors (Lipinski definition) is 6. The van der Waals surface area contributed by atoms with E-state index in [1.54, 1.807) is 0 Å². The molecule has 7 nitrogen and oxygen atoms in total. The molecule has 0 radical (unpaired) electrons. The van der Waals surface area contributed by atoms with E-state index >= 15 is 0 Å². The molecule has 0 aliphatic carbocycles. The van der Waals surface area contributed by atoms with Crippen LogP contribution in [0.1, 0.15) is 5.56 Å². The van der Waals surface area contributed by atoms with E-state index in [1.165, 1.54) is 0 Å². The van der Waals surface area contributed by atoms with Gasteiger partial charge < -0.3 is 30.8 Å². The van der Waals surface area contributed by atoms with Crippen LogP contribution in [0.4, 0.5) is 18.9 Å². The predicted molar refractivity (Wildman–Crippen MR) is 71.2 cm³/mol. The highest BCUT2D eigenvalue weighted by Crippen LogP contribution is 2.30. The van der Waals surface area contributed by atoms with Gasteiger partial charge in [-0.1, -0.05) is 6.07 Å².